The molecule has 0 unspecified atom stereocenters. The first-order valence-corrected chi connectivity index (χ1v) is 5.57. The highest BCUT2D eigenvalue weighted by molar-refractivity contribution is 5.99. The molecule has 0 aliphatic heterocycles. The summed E-state index contributed by atoms with van der Waals surface area (Å²) in [5.41, 5.74) is -0.954. The molecule has 2 fully saturated rings. The van der Waals surface area contributed by atoms with Crippen molar-refractivity contribution in [1.82, 2.24) is 5.32 Å². The van der Waals surface area contributed by atoms with Crippen molar-refractivity contribution in [2.75, 3.05) is 7.05 Å². The number of fused-ring (bicyclic) bond motifs is 2. The SMILES string of the molecule is CNC(=O)[C@]12CC[C@@](C)(C(=O)C1)C2(C)C. The molecule has 0 saturated heterocycles. The van der Waals surface area contributed by atoms with Crippen LogP contribution in [0.1, 0.15) is 40.0 Å². The number of Topliss-reactive ketones (excluding diaryl/α,β-unsaturated/α-hetero) is 1. The van der Waals surface area contributed by atoms with Crippen molar-refractivity contribution in [3.8, 4) is 0 Å². The fourth-order valence-corrected chi connectivity index (χ4v) is 3.60. The maximum absolute atomic E-state index is 12.0. The summed E-state index contributed by atoms with van der Waals surface area (Å²) in [6.07, 6.45) is 2.13. The van der Waals surface area contributed by atoms with Crippen LogP contribution in [0.2, 0.25) is 0 Å². The second kappa shape index (κ2) is 2.63. The maximum atomic E-state index is 12.0. The summed E-state index contributed by atoms with van der Waals surface area (Å²) in [7, 11) is 1.66. The van der Waals surface area contributed by atoms with E-state index in [4.69, 9.17) is 0 Å². The Morgan fingerprint density at radius 3 is 2.20 bits per heavy atom. The van der Waals surface area contributed by atoms with Crippen molar-refractivity contribution in [2.24, 2.45) is 16.2 Å². The van der Waals surface area contributed by atoms with Crippen LogP contribution in [0.5, 0.6) is 0 Å². The highest BCUT2D eigenvalue weighted by atomic mass is 16.2. The van der Waals surface area contributed by atoms with E-state index in [1.807, 2.05) is 6.92 Å². The van der Waals surface area contributed by atoms with E-state index in [-0.39, 0.29) is 22.5 Å². The first-order chi connectivity index (χ1) is 6.82. The molecule has 15 heavy (non-hydrogen) atoms. The summed E-state index contributed by atoms with van der Waals surface area (Å²) in [6, 6.07) is 0. The van der Waals surface area contributed by atoms with Crippen molar-refractivity contribution in [3.05, 3.63) is 0 Å². The number of carbonyl (C=O) groups is 2. The molecule has 2 saturated carbocycles. The van der Waals surface area contributed by atoms with Crippen LogP contribution in [0, 0.1) is 16.2 Å². The molecule has 2 aliphatic carbocycles. The number of carbonyl (C=O) groups excluding carboxylic acids is 2. The summed E-state index contributed by atoms with van der Waals surface area (Å²) in [6.45, 7) is 6.16. The Balaban J connectivity index is 2.54. The molecular formula is C12H19NO2. The molecule has 1 amide bonds. The van der Waals surface area contributed by atoms with Crippen molar-refractivity contribution in [2.45, 2.75) is 40.0 Å². The third-order valence-electron chi connectivity index (χ3n) is 5.37. The predicted octanol–water partition coefficient (Wildman–Crippen LogP) is 1.52. The molecule has 84 valence electrons. The van der Waals surface area contributed by atoms with Gasteiger partial charge < -0.3 is 5.32 Å². The zero-order valence-electron chi connectivity index (χ0n) is 9.94. The number of ketones is 1. The van der Waals surface area contributed by atoms with Crippen molar-refractivity contribution >= 4 is 11.7 Å². The molecule has 0 heterocycles. The Morgan fingerprint density at radius 2 is 1.87 bits per heavy atom. The van der Waals surface area contributed by atoms with Gasteiger partial charge in [-0.1, -0.05) is 20.8 Å². The number of hydrogen-bond acceptors (Lipinski definition) is 2. The van der Waals surface area contributed by atoms with Crippen molar-refractivity contribution in [3.63, 3.8) is 0 Å². The minimum absolute atomic E-state index is 0.0436. The van der Waals surface area contributed by atoms with Gasteiger partial charge in [0.15, 0.2) is 0 Å². The lowest BCUT2D eigenvalue weighted by molar-refractivity contribution is -0.136. The minimum atomic E-state index is -0.451. The van der Waals surface area contributed by atoms with Crippen LogP contribution in [0.3, 0.4) is 0 Å². The monoisotopic (exact) mass is 209 g/mol. The summed E-state index contributed by atoms with van der Waals surface area (Å²) < 4.78 is 0. The molecule has 2 atom stereocenters. The number of amides is 1. The quantitative estimate of drug-likeness (QED) is 0.711. The highest BCUT2D eigenvalue weighted by Gasteiger charge is 2.72. The molecule has 0 spiro atoms. The summed E-state index contributed by atoms with van der Waals surface area (Å²) in [4.78, 5) is 24.1. The Labute approximate surface area is 90.6 Å². The third-order valence-corrected chi connectivity index (χ3v) is 5.37. The lowest BCUT2D eigenvalue weighted by Gasteiger charge is -2.38. The average Bonchev–Trinajstić information content (AvgIpc) is 2.47. The van der Waals surface area contributed by atoms with E-state index in [1.54, 1.807) is 7.05 Å². The smallest absolute Gasteiger partial charge is 0.226 e. The van der Waals surface area contributed by atoms with Gasteiger partial charge in [-0.05, 0) is 18.3 Å². The van der Waals surface area contributed by atoms with Gasteiger partial charge in [0, 0.05) is 18.9 Å². The van der Waals surface area contributed by atoms with E-state index >= 15 is 0 Å². The molecular weight excluding hydrogens is 190 g/mol. The molecule has 3 heteroatoms. The van der Waals surface area contributed by atoms with Crippen LogP contribution in [0.15, 0.2) is 0 Å². The summed E-state index contributed by atoms with van der Waals surface area (Å²) in [5, 5.41) is 2.73. The van der Waals surface area contributed by atoms with Gasteiger partial charge in [-0.25, -0.2) is 0 Å². The maximum Gasteiger partial charge on any atom is 0.226 e. The standard InChI is InChI=1S/C12H19NO2/c1-10(2)11(3)5-6-12(10,7-8(11)14)9(15)13-4/h5-7H2,1-4H3,(H,13,15)/t11-,12-/m0/s1. The molecule has 0 aromatic rings. The highest BCUT2D eigenvalue weighted by Crippen LogP contribution is 2.70. The Bertz CT molecular complexity index is 348. The summed E-state index contributed by atoms with van der Waals surface area (Å²) in [5.74, 6) is 0.310. The van der Waals surface area contributed by atoms with Crippen LogP contribution in [0.25, 0.3) is 0 Å². The van der Waals surface area contributed by atoms with Crippen LogP contribution in [-0.2, 0) is 9.59 Å². The van der Waals surface area contributed by atoms with Crippen LogP contribution < -0.4 is 5.32 Å². The lowest BCUT2D eigenvalue weighted by Crippen LogP contribution is -2.45. The summed E-state index contributed by atoms with van der Waals surface area (Å²) >= 11 is 0. The van der Waals surface area contributed by atoms with Gasteiger partial charge in [-0.15, -0.1) is 0 Å². The topological polar surface area (TPSA) is 46.2 Å². The van der Waals surface area contributed by atoms with Crippen molar-refractivity contribution in [1.29, 1.82) is 0 Å². The van der Waals surface area contributed by atoms with E-state index in [1.165, 1.54) is 0 Å². The zero-order valence-corrected chi connectivity index (χ0v) is 9.94. The third kappa shape index (κ3) is 0.876. The molecule has 1 N–H and O–H groups in total. The zero-order chi connectivity index (χ0) is 11.5. The normalized spacial score (nSPS) is 42.0. The largest absolute Gasteiger partial charge is 0.359 e. The minimum Gasteiger partial charge on any atom is -0.359 e. The van der Waals surface area contributed by atoms with Gasteiger partial charge in [-0.3, -0.25) is 9.59 Å². The van der Waals surface area contributed by atoms with Crippen LogP contribution in [0.4, 0.5) is 0 Å². The number of rotatable bonds is 1. The van der Waals surface area contributed by atoms with Crippen molar-refractivity contribution < 1.29 is 9.59 Å². The van der Waals surface area contributed by atoms with Gasteiger partial charge in [-0.2, -0.15) is 0 Å². The Hall–Kier alpha value is -0.860. The molecule has 0 radical (unpaired) electrons. The predicted molar refractivity (Wildman–Crippen MR) is 57.2 cm³/mol. The van der Waals surface area contributed by atoms with E-state index in [0.717, 1.165) is 12.8 Å². The first kappa shape index (κ1) is 10.7. The van der Waals surface area contributed by atoms with Gasteiger partial charge >= 0.3 is 0 Å². The van der Waals surface area contributed by atoms with Gasteiger partial charge in [0.05, 0.1) is 5.41 Å². The lowest BCUT2D eigenvalue weighted by atomic mass is 9.64. The van der Waals surface area contributed by atoms with E-state index in [0.29, 0.717) is 6.42 Å². The Morgan fingerprint density at radius 1 is 1.27 bits per heavy atom. The molecule has 3 nitrogen and oxygen atoms in total. The Kier molecular flexibility index (Phi) is 1.87. The molecule has 0 aromatic heterocycles. The van der Waals surface area contributed by atoms with Gasteiger partial charge in [0.25, 0.3) is 0 Å². The fraction of sp³-hybridized carbons (Fsp3) is 0.833. The van der Waals surface area contributed by atoms with E-state index in [2.05, 4.69) is 19.2 Å². The molecule has 0 aromatic carbocycles. The van der Waals surface area contributed by atoms with E-state index in [9.17, 15) is 9.59 Å². The first-order valence-electron chi connectivity index (χ1n) is 5.57. The number of nitrogens with one attached hydrogen (secondary N) is 1. The van der Waals surface area contributed by atoms with E-state index < -0.39 is 5.41 Å². The molecule has 2 bridgehead atoms. The molecule has 2 rings (SSSR count). The second-order valence-electron chi connectivity index (χ2n) is 5.72. The second-order valence-corrected chi connectivity index (χ2v) is 5.72. The number of hydrogen-bond donors (Lipinski definition) is 1. The van der Waals surface area contributed by atoms with Gasteiger partial charge in [0.1, 0.15) is 5.78 Å². The van der Waals surface area contributed by atoms with Gasteiger partial charge in [0.2, 0.25) is 5.91 Å². The fourth-order valence-electron chi connectivity index (χ4n) is 3.60. The average molecular weight is 209 g/mol. The molecule has 2 aliphatic rings. The van der Waals surface area contributed by atoms with Crippen LogP contribution in [-0.4, -0.2) is 18.7 Å². The van der Waals surface area contributed by atoms with Crippen LogP contribution >= 0.6 is 0 Å².